The van der Waals surface area contributed by atoms with Gasteiger partial charge in [-0.2, -0.15) is 0 Å². The van der Waals surface area contributed by atoms with Crippen molar-refractivity contribution in [2.24, 2.45) is 0 Å². The molecule has 0 bridgehead atoms. The summed E-state index contributed by atoms with van der Waals surface area (Å²) in [5, 5.41) is 0.346. The predicted molar refractivity (Wildman–Crippen MR) is 70.5 cm³/mol. The molecule has 21 heavy (non-hydrogen) atoms. The van der Waals surface area contributed by atoms with Gasteiger partial charge in [0.2, 0.25) is 10.0 Å². The van der Waals surface area contributed by atoms with E-state index in [0.29, 0.717) is 5.06 Å². The Morgan fingerprint density at radius 1 is 1.19 bits per heavy atom. The van der Waals surface area contributed by atoms with E-state index >= 15 is 0 Å². The maximum Gasteiger partial charge on any atom is 0.334 e. The summed E-state index contributed by atoms with van der Waals surface area (Å²) < 4.78 is 24.4. The summed E-state index contributed by atoms with van der Waals surface area (Å²) in [5.41, 5.74) is 0.274. The van der Waals surface area contributed by atoms with Gasteiger partial charge in [-0.05, 0) is 19.2 Å². The first-order valence-electron chi connectivity index (χ1n) is 5.95. The van der Waals surface area contributed by atoms with Gasteiger partial charge in [0.25, 0.3) is 11.8 Å². The zero-order chi connectivity index (χ0) is 15.6. The minimum absolute atomic E-state index is 0.137. The quantitative estimate of drug-likeness (QED) is 0.746. The number of rotatable bonds is 5. The molecule has 0 radical (unpaired) electrons. The van der Waals surface area contributed by atoms with Crippen molar-refractivity contribution in [2.45, 2.75) is 6.42 Å². The third kappa shape index (κ3) is 3.09. The summed E-state index contributed by atoms with van der Waals surface area (Å²) in [6, 6.07) is 6.04. The number of amides is 2. The lowest BCUT2D eigenvalue weighted by Crippen LogP contribution is -2.33. The first kappa shape index (κ1) is 15.1. The average molecular weight is 312 g/mol. The van der Waals surface area contributed by atoms with Gasteiger partial charge in [0.05, 0.1) is 23.3 Å². The summed E-state index contributed by atoms with van der Waals surface area (Å²) in [7, 11) is -2.35. The molecule has 9 heteroatoms. The molecule has 0 aliphatic carbocycles. The third-order valence-electron chi connectivity index (χ3n) is 2.84. The molecule has 1 aliphatic heterocycles. The van der Waals surface area contributed by atoms with Gasteiger partial charge in [-0.1, -0.05) is 17.2 Å². The highest BCUT2D eigenvalue weighted by molar-refractivity contribution is 7.89. The van der Waals surface area contributed by atoms with Gasteiger partial charge in [0, 0.05) is 0 Å². The lowest BCUT2D eigenvalue weighted by molar-refractivity contribution is -0.168. The van der Waals surface area contributed by atoms with Crippen LogP contribution in [0.1, 0.15) is 27.1 Å². The maximum atomic E-state index is 11.9. The number of carbonyl (C=O) groups excluding carboxylic acids is 3. The van der Waals surface area contributed by atoms with Crippen LogP contribution in [0, 0.1) is 0 Å². The van der Waals surface area contributed by atoms with Crippen molar-refractivity contribution < 1.29 is 27.6 Å². The Bertz CT molecular complexity index is 677. The molecule has 0 fully saturated rings. The molecule has 0 aromatic heterocycles. The fourth-order valence-electron chi connectivity index (χ4n) is 1.72. The highest BCUT2D eigenvalue weighted by Gasteiger charge is 2.38. The van der Waals surface area contributed by atoms with E-state index in [1.54, 1.807) is 12.1 Å². The Hall–Kier alpha value is -2.26. The zero-order valence-electron chi connectivity index (χ0n) is 11.0. The van der Waals surface area contributed by atoms with Crippen molar-refractivity contribution in [3.05, 3.63) is 35.4 Å². The van der Waals surface area contributed by atoms with Gasteiger partial charge in [-0.3, -0.25) is 9.59 Å². The normalized spacial score (nSPS) is 14.2. The van der Waals surface area contributed by atoms with E-state index < -0.39 is 40.0 Å². The van der Waals surface area contributed by atoms with Crippen molar-refractivity contribution in [1.29, 1.82) is 0 Å². The number of nitrogens with one attached hydrogen (secondary N) is 1. The molecule has 1 aromatic rings. The fourth-order valence-corrected chi connectivity index (χ4v) is 2.36. The second kappa shape index (κ2) is 5.62. The first-order valence-corrected chi connectivity index (χ1v) is 7.61. The minimum Gasteiger partial charge on any atom is -0.330 e. The Labute approximate surface area is 120 Å². The summed E-state index contributed by atoms with van der Waals surface area (Å²) in [6.07, 6.45) is -0.476. The number of sulfonamides is 1. The van der Waals surface area contributed by atoms with E-state index in [9.17, 15) is 22.8 Å². The Kier molecular flexibility index (Phi) is 4.05. The Balaban J connectivity index is 2.04. The number of hydrogen-bond donors (Lipinski definition) is 1. The molecule has 8 nitrogen and oxygen atoms in total. The van der Waals surface area contributed by atoms with Crippen LogP contribution in [-0.2, 0) is 19.7 Å². The van der Waals surface area contributed by atoms with Gasteiger partial charge in [-0.15, -0.1) is 0 Å². The van der Waals surface area contributed by atoms with E-state index in [4.69, 9.17) is 0 Å². The topological polar surface area (TPSA) is 110 Å². The van der Waals surface area contributed by atoms with E-state index in [0.717, 1.165) is 0 Å². The maximum absolute atomic E-state index is 11.9. The molecule has 0 saturated heterocycles. The molecule has 2 rings (SSSR count). The lowest BCUT2D eigenvalue weighted by Gasteiger charge is -2.12. The summed E-state index contributed by atoms with van der Waals surface area (Å²) in [4.78, 5) is 40.0. The number of hydroxylamine groups is 2. The summed E-state index contributed by atoms with van der Waals surface area (Å²) >= 11 is 0. The smallest absolute Gasteiger partial charge is 0.330 e. The number of nitrogens with zero attached hydrogens (tertiary/aromatic N) is 1. The SMILES string of the molecule is CNS(=O)(=O)CCC(=O)ON1C(=O)c2ccccc2C1=O. The lowest BCUT2D eigenvalue weighted by atomic mass is 10.1. The highest BCUT2D eigenvalue weighted by Crippen LogP contribution is 2.22. The molecule has 0 unspecified atom stereocenters. The first-order chi connectivity index (χ1) is 9.85. The summed E-state index contributed by atoms with van der Waals surface area (Å²) in [6.45, 7) is 0. The molecule has 112 valence electrons. The molecule has 1 aliphatic rings. The predicted octanol–water partition coefficient (Wildman–Crippen LogP) is -0.320. The molecule has 0 spiro atoms. The van der Waals surface area contributed by atoms with Crippen LogP contribution in [0.2, 0.25) is 0 Å². The highest BCUT2D eigenvalue weighted by atomic mass is 32.2. The van der Waals surface area contributed by atoms with Crippen molar-refractivity contribution in [3.63, 3.8) is 0 Å². The summed E-state index contributed by atoms with van der Waals surface area (Å²) in [5.74, 6) is -2.98. The van der Waals surface area contributed by atoms with Crippen molar-refractivity contribution in [2.75, 3.05) is 12.8 Å². The molecule has 2 amide bonds. The van der Waals surface area contributed by atoms with Gasteiger partial charge in [0.1, 0.15) is 0 Å². The molecular weight excluding hydrogens is 300 g/mol. The number of hydrogen-bond acceptors (Lipinski definition) is 6. The Morgan fingerprint density at radius 2 is 1.71 bits per heavy atom. The second-order valence-corrected chi connectivity index (χ2v) is 6.23. The third-order valence-corrected chi connectivity index (χ3v) is 4.20. The van der Waals surface area contributed by atoms with Gasteiger partial charge in [0.15, 0.2) is 0 Å². The zero-order valence-corrected chi connectivity index (χ0v) is 11.8. The van der Waals surface area contributed by atoms with Crippen LogP contribution in [0.15, 0.2) is 24.3 Å². The second-order valence-electron chi connectivity index (χ2n) is 4.19. The van der Waals surface area contributed by atoms with Crippen molar-refractivity contribution in [3.8, 4) is 0 Å². The van der Waals surface area contributed by atoms with Crippen LogP contribution < -0.4 is 4.72 Å². The molecule has 1 heterocycles. The number of imide groups is 1. The van der Waals surface area contributed by atoms with Gasteiger partial charge >= 0.3 is 5.97 Å². The molecular formula is C12H12N2O6S. The van der Waals surface area contributed by atoms with Crippen LogP contribution in [-0.4, -0.2) is 44.1 Å². The number of carbonyl (C=O) groups is 3. The minimum atomic E-state index is -3.57. The van der Waals surface area contributed by atoms with E-state index in [-0.39, 0.29) is 11.1 Å². The van der Waals surface area contributed by atoms with Crippen LogP contribution in [0.5, 0.6) is 0 Å². The van der Waals surface area contributed by atoms with E-state index in [2.05, 4.69) is 4.84 Å². The molecule has 1 aromatic carbocycles. The Morgan fingerprint density at radius 3 is 2.19 bits per heavy atom. The van der Waals surface area contributed by atoms with Gasteiger partial charge < -0.3 is 4.84 Å². The monoisotopic (exact) mass is 312 g/mol. The molecule has 1 N–H and O–H groups in total. The van der Waals surface area contributed by atoms with Crippen LogP contribution in [0.4, 0.5) is 0 Å². The average Bonchev–Trinajstić information content (AvgIpc) is 2.71. The van der Waals surface area contributed by atoms with E-state index in [1.807, 2.05) is 4.72 Å². The van der Waals surface area contributed by atoms with Crippen molar-refractivity contribution in [1.82, 2.24) is 9.79 Å². The van der Waals surface area contributed by atoms with E-state index in [1.165, 1.54) is 19.2 Å². The molecule has 0 atom stereocenters. The van der Waals surface area contributed by atoms with Gasteiger partial charge in [-0.25, -0.2) is 17.9 Å². The van der Waals surface area contributed by atoms with Crippen molar-refractivity contribution >= 4 is 27.8 Å². The standard InChI is InChI=1S/C12H12N2O6S/c1-13-21(18,19)7-6-10(15)20-14-11(16)8-4-2-3-5-9(8)12(14)17/h2-5,13H,6-7H2,1H3. The fraction of sp³-hybridized carbons (Fsp3) is 0.250. The largest absolute Gasteiger partial charge is 0.334 e. The number of fused-ring (bicyclic) bond motifs is 1. The van der Waals surface area contributed by atoms with Crippen LogP contribution >= 0.6 is 0 Å². The van der Waals surface area contributed by atoms with Crippen LogP contribution in [0.25, 0.3) is 0 Å². The van der Waals surface area contributed by atoms with Crippen LogP contribution in [0.3, 0.4) is 0 Å². The number of benzene rings is 1. The molecule has 0 saturated carbocycles.